The molecule has 0 aliphatic carbocycles. The maximum atomic E-state index is 11.8. The van der Waals surface area contributed by atoms with Crippen LogP contribution in [0.3, 0.4) is 0 Å². The van der Waals surface area contributed by atoms with E-state index in [2.05, 4.69) is 25.6 Å². The van der Waals surface area contributed by atoms with Gasteiger partial charge in [-0.2, -0.15) is 15.0 Å². The van der Waals surface area contributed by atoms with Gasteiger partial charge in [-0.1, -0.05) is 0 Å². The average molecular weight is 224 g/mol. The third-order valence-electron chi connectivity index (χ3n) is 1.25. The minimum atomic E-state index is -2.47. The van der Waals surface area contributed by atoms with Gasteiger partial charge in [0, 0.05) is 7.05 Å². The summed E-state index contributed by atoms with van der Waals surface area (Å²) in [5.74, 6) is 0.247. The standard InChI is InChI=1S/C6H8ClF2N5/c1-10-5-12-4(7)13-6(14-5)11-2-3(8)9/h3H,2H2,1H3,(H2,10,11,12,13,14). The Morgan fingerprint density at radius 2 is 1.93 bits per heavy atom. The van der Waals surface area contributed by atoms with Crippen LogP contribution in [-0.2, 0) is 0 Å². The van der Waals surface area contributed by atoms with Crippen LogP contribution in [0.2, 0.25) is 5.28 Å². The van der Waals surface area contributed by atoms with Crippen molar-refractivity contribution in [3.8, 4) is 0 Å². The molecule has 5 nitrogen and oxygen atoms in total. The van der Waals surface area contributed by atoms with E-state index in [1.165, 1.54) is 0 Å². The molecular weight excluding hydrogens is 216 g/mol. The molecule has 0 saturated heterocycles. The summed E-state index contributed by atoms with van der Waals surface area (Å²) in [4.78, 5) is 11.1. The Morgan fingerprint density at radius 3 is 2.50 bits per heavy atom. The van der Waals surface area contributed by atoms with Crippen LogP contribution in [0.4, 0.5) is 20.7 Å². The maximum absolute atomic E-state index is 11.8. The van der Waals surface area contributed by atoms with Crippen LogP contribution < -0.4 is 10.6 Å². The molecule has 0 radical (unpaired) electrons. The van der Waals surface area contributed by atoms with E-state index >= 15 is 0 Å². The monoisotopic (exact) mass is 223 g/mol. The molecule has 0 spiro atoms. The lowest BCUT2D eigenvalue weighted by atomic mass is 10.7. The Labute approximate surface area is 83.9 Å². The highest BCUT2D eigenvalue weighted by Gasteiger charge is 2.06. The Bertz CT molecular complexity index is 308. The predicted molar refractivity (Wildman–Crippen MR) is 48.9 cm³/mol. The first-order valence-electron chi connectivity index (χ1n) is 3.73. The van der Waals surface area contributed by atoms with Crippen molar-refractivity contribution < 1.29 is 8.78 Å². The third-order valence-corrected chi connectivity index (χ3v) is 1.42. The Morgan fingerprint density at radius 1 is 1.29 bits per heavy atom. The molecule has 0 bridgehead atoms. The molecule has 0 aliphatic rings. The number of hydrogen-bond acceptors (Lipinski definition) is 5. The van der Waals surface area contributed by atoms with E-state index in [4.69, 9.17) is 11.6 Å². The minimum absolute atomic E-state index is 0.0228. The summed E-state index contributed by atoms with van der Waals surface area (Å²) in [5.41, 5.74) is 0. The van der Waals surface area contributed by atoms with Crippen LogP contribution >= 0.6 is 11.6 Å². The molecule has 0 aliphatic heterocycles. The van der Waals surface area contributed by atoms with Crippen molar-refractivity contribution in [3.05, 3.63) is 5.28 Å². The number of anilines is 2. The van der Waals surface area contributed by atoms with Crippen LogP contribution in [0.15, 0.2) is 0 Å². The molecule has 0 saturated carbocycles. The topological polar surface area (TPSA) is 62.7 Å². The van der Waals surface area contributed by atoms with Crippen LogP contribution in [0.25, 0.3) is 0 Å². The SMILES string of the molecule is CNc1nc(Cl)nc(NCC(F)F)n1. The highest BCUT2D eigenvalue weighted by molar-refractivity contribution is 6.28. The number of hydrogen-bond donors (Lipinski definition) is 2. The predicted octanol–water partition coefficient (Wildman–Crippen LogP) is 1.24. The zero-order valence-corrected chi connectivity index (χ0v) is 8.02. The number of halogens is 3. The first-order valence-corrected chi connectivity index (χ1v) is 4.11. The minimum Gasteiger partial charge on any atom is -0.357 e. The highest BCUT2D eigenvalue weighted by atomic mass is 35.5. The number of alkyl halides is 2. The number of aromatic nitrogens is 3. The van der Waals surface area contributed by atoms with Gasteiger partial charge in [-0.05, 0) is 11.6 Å². The van der Waals surface area contributed by atoms with Gasteiger partial charge in [0.15, 0.2) is 0 Å². The molecule has 0 atom stereocenters. The van der Waals surface area contributed by atoms with Gasteiger partial charge in [-0.25, -0.2) is 8.78 Å². The summed E-state index contributed by atoms with van der Waals surface area (Å²) in [5, 5.41) is 4.89. The van der Waals surface area contributed by atoms with Crippen molar-refractivity contribution in [3.63, 3.8) is 0 Å². The second kappa shape index (κ2) is 4.85. The van der Waals surface area contributed by atoms with E-state index in [9.17, 15) is 8.78 Å². The summed E-state index contributed by atoms with van der Waals surface area (Å²) in [6.07, 6.45) is -2.47. The van der Waals surface area contributed by atoms with Gasteiger partial charge in [0.1, 0.15) is 0 Å². The van der Waals surface area contributed by atoms with Crippen molar-refractivity contribution in [1.29, 1.82) is 0 Å². The second-order valence-corrected chi connectivity index (χ2v) is 2.61. The van der Waals surface area contributed by atoms with E-state index in [1.54, 1.807) is 7.05 Å². The first kappa shape index (κ1) is 10.8. The maximum Gasteiger partial charge on any atom is 0.255 e. The molecule has 0 unspecified atom stereocenters. The van der Waals surface area contributed by atoms with Crippen LogP contribution in [-0.4, -0.2) is 35.0 Å². The van der Waals surface area contributed by atoms with Crippen molar-refractivity contribution in [2.75, 3.05) is 24.2 Å². The molecule has 1 aromatic rings. The van der Waals surface area contributed by atoms with Crippen LogP contribution in [0.5, 0.6) is 0 Å². The van der Waals surface area contributed by atoms with E-state index in [-0.39, 0.29) is 17.2 Å². The summed E-state index contributed by atoms with van der Waals surface area (Å²) in [6, 6.07) is 0. The molecule has 1 rings (SSSR count). The van der Waals surface area contributed by atoms with Crippen LogP contribution in [0.1, 0.15) is 0 Å². The van der Waals surface area contributed by atoms with Crippen molar-refractivity contribution >= 4 is 23.5 Å². The van der Waals surface area contributed by atoms with Crippen LogP contribution in [0, 0.1) is 0 Å². The Hall–Kier alpha value is -1.24. The molecular formula is C6H8ClF2N5. The zero-order valence-electron chi connectivity index (χ0n) is 7.26. The largest absolute Gasteiger partial charge is 0.357 e. The average Bonchev–Trinajstić information content (AvgIpc) is 2.14. The molecule has 0 fully saturated rings. The van der Waals surface area contributed by atoms with Gasteiger partial charge in [-0.3, -0.25) is 0 Å². The molecule has 1 heterocycles. The fraction of sp³-hybridized carbons (Fsp3) is 0.500. The molecule has 1 aromatic heterocycles. The molecule has 2 N–H and O–H groups in total. The van der Waals surface area contributed by atoms with Gasteiger partial charge < -0.3 is 10.6 Å². The normalized spacial score (nSPS) is 10.4. The van der Waals surface area contributed by atoms with E-state index in [0.29, 0.717) is 0 Å². The number of nitrogens with zero attached hydrogens (tertiary/aromatic N) is 3. The fourth-order valence-corrected chi connectivity index (χ4v) is 0.869. The molecule has 8 heteroatoms. The van der Waals surface area contributed by atoms with Gasteiger partial charge in [0.2, 0.25) is 17.2 Å². The van der Waals surface area contributed by atoms with Gasteiger partial charge in [0.05, 0.1) is 6.54 Å². The fourth-order valence-electron chi connectivity index (χ4n) is 0.709. The second-order valence-electron chi connectivity index (χ2n) is 2.27. The molecule has 78 valence electrons. The van der Waals surface area contributed by atoms with Crippen molar-refractivity contribution in [2.24, 2.45) is 0 Å². The smallest absolute Gasteiger partial charge is 0.255 e. The lowest BCUT2D eigenvalue weighted by molar-refractivity contribution is 0.163. The zero-order chi connectivity index (χ0) is 10.6. The third kappa shape index (κ3) is 3.25. The van der Waals surface area contributed by atoms with E-state index in [1.807, 2.05) is 0 Å². The summed E-state index contributed by atoms with van der Waals surface area (Å²) in [6.45, 7) is -0.524. The summed E-state index contributed by atoms with van der Waals surface area (Å²) in [7, 11) is 1.59. The Balaban J connectivity index is 2.71. The molecule has 14 heavy (non-hydrogen) atoms. The quantitative estimate of drug-likeness (QED) is 0.804. The van der Waals surface area contributed by atoms with E-state index in [0.717, 1.165) is 0 Å². The number of rotatable bonds is 4. The first-order chi connectivity index (χ1) is 6.61. The Kier molecular flexibility index (Phi) is 3.75. The van der Waals surface area contributed by atoms with Crippen molar-refractivity contribution in [1.82, 2.24) is 15.0 Å². The van der Waals surface area contributed by atoms with E-state index < -0.39 is 13.0 Å². The van der Waals surface area contributed by atoms with Gasteiger partial charge >= 0.3 is 0 Å². The molecule has 0 aromatic carbocycles. The summed E-state index contributed by atoms with van der Waals surface area (Å²) >= 11 is 5.51. The van der Waals surface area contributed by atoms with Gasteiger partial charge in [0.25, 0.3) is 6.43 Å². The lowest BCUT2D eigenvalue weighted by Crippen LogP contribution is -2.13. The molecule has 0 amide bonds. The van der Waals surface area contributed by atoms with Gasteiger partial charge in [-0.15, -0.1) is 0 Å². The lowest BCUT2D eigenvalue weighted by Gasteiger charge is -2.05. The van der Waals surface area contributed by atoms with Crippen molar-refractivity contribution in [2.45, 2.75) is 6.43 Å². The number of nitrogens with one attached hydrogen (secondary N) is 2. The highest BCUT2D eigenvalue weighted by Crippen LogP contribution is 2.08. The summed E-state index contributed by atoms with van der Waals surface area (Å²) < 4.78 is 23.6.